The van der Waals surface area contributed by atoms with Gasteiger partial charge < -0.3 is 4.98 Å². The first-order valence-corrected chi connectivity index (χ1v) is 3.21. The van der Waals surface area contributed by atoms with Crippen LogP contribution in [0.2, 0.25) is 0 Å². The molecule has 0 saturated carbocycles. The van der Waals surface area contributed by atoms with Crippen molar-refractivity contribution in [2.45, 2.75) is 0 Å². The van der Waals surface area contributed by atoms with Gasteiger partial charge in [-0.05, 0) is 12.1 Å². The third-order valence-electron chi connectivity index (χ3n) is 1.53. The fraction of sp³-hybridized carbons (Fsp3) is 0. The molecule has 2 aromatic rings. The molecule has 0 aliphatic rings. The minimum absolute atomic E-state index is 0.466. The van der Waals surface area contributed by atoms with E-state index in [-0.39, 0.29) is 0 Å². The van der Waals surface area contributed by atoms with Crippen LogP contribution >= 0.6 is 0 Å². The number of carbonyl (C=O) groups excluding carboxylic acids is 1. The molecule has 0 fully saturated rings. The van der Waals surface area contributed by atoms with Crippen LogP contribution in [-0.2, 0) is 4.79 Å². The third kappa shape index (κ3) is 0.902. The van der Waals surface area contributed by atoms with E-state index in [9.17, 15) is 4.79 Å². The summed E-state index contributed by atoms with van der Waals surface area (Å²) in [5, 5.41) is 0.985. The highest BCUT2D eigenvalue weighted by molar-refractivity contribution is 5.87. The second-order valence-electron chi connectivity index (χ2n) is 2.25. The zero-order valence-corrected chi connectivity index (χ0v) is 5.66. The van der Waals surface area contributed by atoms with Crippen molar-refractivity contribution < 1.29 is 4.79 Å². The molecular formula is C8H5N2O. The minimum Gasteiger partial charge on any atom is -0.350 e. The molecule has 0 amide bonds. The standard InChI is InChI=1S/C8H5N2O/c11-5-7-3-6-1-2-9-4-8(6)10-7/h1-4,10H. The maximum atomic E-state index is 10.2. The van der Waals surface area contributed by atoms with E-state index in [4.69, 9.17) is 0 Å². The van der Waals surface area contributed by atoms with E-state index in [0.29, 0.717) is 5.69 Å². The van der Waals surface area contributed by atoms with Gasteiger partial charge in [0.05, 0.1) is 17.4 Å². The molecule has 0 spiro atoms. The quantitative estimate of drug-likeness (QED) is 0.651. The fourth-order valence-electron chi connectivity index (χ4n) is 1.03. The van der Waals surface area contributed by atoms with Gasteiger partial charge in [-0.1, -0.05) is 0 Å². The van der Waals surface area contributed by atoms with Gasteiger partial charge in [0.1, 0.15) is 0 Å². The highest BCUT2D eigenvalue weighted by Crippen LogP contribution is 2.11. The van der Waals surface area contributed by atoms with Crippen LogP contribution in [0.1, 0.15) is 5.69 Å². The van der Waals surface area contributed by atoms with Crippen molar-refractivity contribution in [3.8, 4) is 0 Å². The highest BCUT2D eigenvalue weighted by Gasteiger charge is 1.97. The average Bonchev–Trinajstić information content (AvgIpc) is 2.46. The van der Waals surface area contributed by atoms with Crippen molar-refractivity contribution in [3.63, 3.8) is 0 Å². The van der Waals surface area contributed by atoms with Crippen LogP contribution in [0.5, 0.6) is 0 Å². The molecule has 2 rings (SSSR count). The number of rotatable bonds is 1. The van der Waals surface area contributed by atoms with Gasteiger partial charge in [-0.3, -0.25) is 9.78 Å². The Morgan fingerprint density at radius 3 is 3.18 bits per heavy atom. The van der Waals surface area contributed by atoms with E-state index in [0.717, 1.165) is 10.9 Å². The Morgan fingerprint density at radius 1 is 1.55 bits per heavy atom. The number of hydrogen-bond acceptors (Lipinski definition) is 2. The zero-order chi connectivity index (χ0) is 7.68. The van der Waals surface area contributed by atoms with Gasteiger partial charge >= 0.3 is 0 Å². The Kier molecular flexibility index (Phi) is 1.22. The normalized spacial score (nSPS) is 10.2. The number of aromatic amines is 1. The van der Waals surface area contributed by atoms with Crippen molar-refractivity contribution in [1.29, 1.82) is 0 Å². The van der Waals surface area contributed by atoms with E-state index < -0.39 is 0 Å². The van der Waals surface area contributed by atoms with E-state index >= 15 is 0 Å². The third-order valence-corrected chi connectivity index (χ3v) is 1.53. The summed E-state index contributed by atoms with van der Waals surface area (Å²) < 4.78 is 0. The molecule has 1 radical (unpaired) electrons. The van der Waals surface area contributed by atoms with Gasteiger partial charge in [0, 0.05) is 11.6 Å². The number of nitrogens with zero attached hydrogens (tertiary/aromatic N) is 1. The van der Waals surface area contributed by atoms with Crippen molar-refractivity contribution >= 4 is 17.2 Å². The molecule has 0 aromatic carbocycles. The lowest BCUT2D eigenvalue weighted by Gasteiger charge is -1.82. The molecule has 0 aliphatic heterocycles. The predicted molar refractivity (Wildman–Crippen MR) is 40.9 cm³/mol. The number of nitrogens with one attached hydrogen (secondary N) is 1. The van der Waals surface area contributed by atoms with Crippen molar-refractivity contribution in [3.05, 3.63) is 30.2 Å². The summed E-state index contributed by atoms with van der Waals surface area (Å²) >= 11 is 0. The molecule has 0 aliphatic carbocycles. The second-order valence-corrected chi connectivity index (χ2v) is 2.25. The van der Waals surface area contributed by atoms with E-state index in [1.807, 2.05) is 6.07 Å². The van der Waals surface area contributed by atoms with E-state index in [1.54, 1.807) is 24.7 Å². The molecule has 0 atom stereocenters. The van der Waals surface area contributed by atoms with Gasteiger partial charge in [-0.25, -0.2) is 0 Å². The summed E-state index contributed by atoms with van der Waals surface area (Å²) in [5.41, 5.74) is 1.33. The Balaban J connectivity index is 2.78. The molecule has 0 saturated heterocycles. The van der Waals surface area contributed by atoms with Crippen LogP contribution in [0.15, 0.2) is 24.5 Å². The summed E-state index contributed by atoms with van der Waals surface area (Å²) in [7, 11) is 0. The summed E-state index contributed by atoms with van der Waals surface area (Å²) in [4.78, 5) is 17.0. The van der Waals surface area contributed by atoms with Crippen LogP contribution in [0.3, 0.4) is 0 Å². The lowest BCUT2D eigenvalue weighted by Crippen LogP contribution is -1.75. The zero-order valence-electron chi connectivity index (χ0n) is 5.66. The number of H-pyrrole nitrogens is 1. The number of aromatic nitrogens is 2. The monoisotopic (exact) mass is 145 g/mol. The Labute approximate surface area is 63.1 Å². The summed E-state index contributed by atoms with van der Waals surface area (Å²) in [5.74, 6) is 0. The fourth-order valence-corrected chi connectivity index (χ4v) is 1.03. The lowest BCUT2D eigenvalue weighted by atomic mass is 10.3. The molecule has 11 heavy (non-hydrogen) atoms. The summed E-state index contributed by atoms with van der Waals surface area (Å²) in [6.45, 7) is 0. The molecule has 0 bridgehead atoms. The maximum Gasteiger partial charge on any atom is 0.251 e. The summed E-state index contributed by atoms with van der Waals surface area (Å²) in [6.07, 6.45) is 5.15. The van der Waals surface area contributed by atoms with Crippen LogP contribution < -0.4 is 0 Å². The molecular weight excluding hydrogens is 140 g/mol. The van der Waals surface area contributed by atoms with Gasteiger partial charge in [0.15, 0.2) is 0 Å². The number of fused-ring (bicyclic) bond motifs is 1. The first kappa shape index (κ1) is 6.09. The van der Waals surface area contributed by atoms with Crippen LogP contribution in [0.4, 0.5) is 0 Å². The molecule has 2 heterocycles. The van der Waals surface area contributed by atoms with Crippen LogP contribution in [0, 0.1) is 0 Å². The van der Waals surface area contributed by atoms with Crippen molar-refractivity contribution in [1.82, 2.24) is 9.97 Å². The summed E-state index contributed by atoms with van der Waals surface area (Å²) in [6, 6.07) is 3.58. The lowest BCUT2D eigenvalue weighted by molar-refractivity contribution is 0.562. The van der Waals surface area contributed by atoms with Crippen molar-refractivity contribution in [2.24, 2.45) is 0 Å². The molecule has 53 valence electrons. The minimum atomic E-state index is 0.466. The van der Waals surface area contributed by atoms with Gasteiger partial charge in [0.2, 0.25) is 0 Å². The smallest absolute Gasteiger partial charge is 0.251 e. The Bertz CT molecular complexity index is 359. The van der Waals surface area contributed by atoms with Gasteiger partial charge in [-0.15, -0.1) is 0 Å². The predicted octanol–water partition coefficient (Wildman–Crippen LogP) is 1.02. The molecule has 1 N–H and O–H groups in total. The SMILES string of the molecule is O=[C]c1cc2ccncc2[nH]1. The largest absolute Gasteiger partial charge is 0.350 e. The molecule has 3 nitrogen and oxygen atoms in total. The average molecular weight is 145 g/mol. The van der Waals surface area contributed by atoms with Crippen molar-refractivity contribution in [2.75, 3.05) is 0 Å². The second kappa shape index (κ2) is 2.20. The number of hydrogen-bond donors (Lipinski definition) is 1. The topological polar surface area (TPSA) is 45.8 Å². The number of pyridine rings is 1. The van der Waals surface area contributed by atoms with E-state index in [2.05, 4.69) is 9.97 Å². The highest BCUT2D eigenvalue weighted by atomic mass is 16.1. The first-order valence-electron chi connectivity index (χ1n) is 3.21. The van der Waals surface area contributed by atoms with E-state index in [1.165, 1.54) is 0 Å². The van der Waals surface area contributed by atoms with Gasteiger partial charge in [-0.2, -0.15) is 0 Å². The molecule has 2 aromatic heterocycles. The van der Waals surface area contributed by atoms with Crippen LogP contribution in [-0.4, -0.2) is 16.3 Å². The van der Waals surface area contributed by atoms with Crippen LogP contribution in [0.25, 0.3) is 10.9 Å². The Morgan fingerprint density at radius 2 is 2.45 bits per heavy atom. The Hall–Kier alpha value is -1.64. The maximum absolute atomic E-state index is 10.2. The molecule has 3 heteroatoms. The first-order chi connectivity index (χ1) is 5.40. The van der Waals surface area contributed by atoms with Gasteiger partial charge in [0.25, 0.3) is 6.29 Å². The molecule has 0 unspecified atom stereocenters.